The molecule has 4 aromatic rings. The fraction of sp³-hybridized carbons (Fsp3) is 0.125. The molecule has 5 N–H and O–H groups in total. The second-order valence-electron chi connectivity index (χ2n) is 5.56. The van der Waals surface area contributed by atoms with E-state index in [-0.39, 0.29) is 43.7 Å². The zero-order chi connectivity index (χ0) is 20.1. The molecule has 160 valence electrons. The monoisotopic (exact) mass is 497 g/mol. The van der Waals surface area contributed by atoms with E-state index in [0.717, 1.165) is 11.5 Å². The van der Waals surface area contributed by atoms with Crippen LogP contribution in [0.3, 0.4) is 0 Å². The Morgan fingerprint density at radius 3 is 1.77 bits per heavy atom. The van der Waals surface area contributed by atoms with Crippen LogP contribution in [0.5, 0.6) is 0 Å². The second kappa shape index (κ2) is 12.4. The van der Waals surface area contributed by atoms with Gasteiger partial charge in [0.25, 0.3) is 5.69 Å². The summed E-state index contributed by atoms with van der Waals surface area (Å²) in [6.45, 7) is 3.44. The maximum absolute atomic E-state index is 10.6. The molecule has 0 radical (unpaired) electrons. The SMILES string of the molecule is Cc1nc(-n2cncn2)ccc1N.Cc1nc(-n2cncn2)ccc1[N+](=O)[O-].Cl.N.[Zn]. The van der Waals surface area contributed by atoms with Gasteiger partial charge in [0.1, 0.15) is 31.0 Å². The van der Waals surface area contributed by atoms with E-state index in [1.165, 1.54) is 35.8 Å². The van der Waals surface area contributed by atoms with Crippen LogP contribution in [0, 0.1) is 24.0 Å². The molecular weight excluding hydrogens is 479 g/mol. The Morgan fingerprint density at radius 2 is 1.39 bits per heavy atom. The molecule has 4 heterocycles. The van der Waals surface area contributed by atoms with Gasteiger partial charge in [-0.2, -0.15) is 10.2 Å². The minimum Gasteiger partial charge on any atom is -0.397 e. The number of nitrogens with two attached hydrogens (primary N) is 1. The van der Waals surface area contributed by atoms with Gasteiger partial charge in [0.05, 0.1) is 16.3 Å². The minimum absolute atomic E-state index is 0. The number of pyridine rings is 2. The summed E-state index contributed by atoms with van der Waals surface area (Å²) in [4.78, 5) is 26.0. The normalized spacial score (nSPS) is 9.23. The van der Waals surface area contributed by atoms with E-state index < -0.39 is 4.92 Å². The Labute approximate surface area is 196 Å². The van der Waals surface area contributed by atoms with Crippen LogP contribution in [0.1, 0.15) is 11.4 Å². The summed E-state index contributed by atoms with van der Waals surface area (Å²) < 4.78 is 3.03. The molecule has 0 unspecified atom stereocenters. The van der Waals surface area contributed by atoms with Gasteiger partial charge in [0.15, 0.2) is 11.6 Å². The largest absolute Gasteiger partial charge is 0.397 e. The molecule has 0 atom stereocenters. The minimum atomic E-state index is -0.465. The van der Waals surface area contributed by atoms with Gasteiger partial charge >= 0.3 is 0 Å². The number of aromatic nitrogens is 8. The molecular formula is C16H20ClN11O2Zn. The van der Waals surface area contributed by atoms with E-state index in [1.807, 2.05) is 6.92 Å². The molecule has 0 bridgehead atoms. The Hall–Kier alpha value is -3.35. The number of rotatable bonds is 3. The predicted octanol–water partition coefficient (Wildman–Crippen LogP) is 2.01. The van der Waals surface area contributed by atoms with Crippen molar-refractivity contribution in [3.63, 3.8) is 0 Å². The van der Waals surface area contributed by atoms with Gasteiger partial charge in [-0.15, -0.1) is 12.4 Å². The maximum atomic E-state index is 10.6. The summed E-state index contributed by atoms with van der Waals surface area (Å²) in [6, 6.07) is 6.54. The van der Waals surface area contributed by atoms with Crippen LogP contribution >= 0.6 is 12.4 Å². The van der Waals surface area contributed by atoms with Gasteiger partial charge in [-0.3, -0.25) is 10.1 Å². The molecule has 0 aliphatic heterocycles. The van der Waals surface area contributed by atoms with E-state index in [2.05, 4.69) is 30.1 Å². The molecule has 4 rings (SSSR count). The standard InChI is InChI=1S/C8H7N5O2.C8H9N5.ClH.H3N.Zn/c1-6-7(13(14)15)2-3-8(11-6)12-5-9-4-10-12;1-6-7(9)2-3-8(12-6)13-5-10-4-11-13;;;/h2-5H,1H3;2-5H,9H2,1H3;1H;1H3;. The number of hydrogen-bond acceptors (Lipinski definition) is 10. The number of halogens is 1. The third-order valence-electron chi connectivity index (χ3n) is 3.66. The van der Waals surface area contributed by atoms with Gasteiger partial charge in [0.2, 0.25) is 0 Å². The Balaban J connectivity index is 0.000000533. The first-order valence-corrected chi connectivity index (χ1v) is 8.01. The molecule has 0 aliphatic rings. The molecule has 0 aliphatic carbocycles. The molecule has 0 amide bonds. The van der Waals surface area contributed by atoms with Crippen molar-refractivity contribution in [1.82, 2.24) is 45.6 Å². The Bertz CT molecular complexity index is 1090. The Morgan fingerprint density at radius 1 is 0.903 bits per heavy atom. The summed E-state index contributed by atoms with van der Waals surface area (Å²) in [5.41, 5.74) is 7.47. The molecule has 4 aromatic heterocycles. The zero-order valence-corrected chi connectivity index (χ0v) is 20.6. The molecule has 15 heteroatoms. The van der Waals surface area contributed by atoms with Crippen molar-refractivity contribution in [2.24, 2.45) is 0 Å². The molecule has 0 saturated heterocycles. The van der Waals surface area contributed by atoms with E-state index in [1.54, 1.807) is 30.1 Å². The van der Waals surface area contributed by atoms with Crippen molar-refractivity contribution in [2.75, 3.05) is 5.73 Å². The topological polar surface area (TPSA) is 191 Å². The molecule has 0 spiro atoms. The number of nitrogen functional groups attached to an aromatic ring is 1. The average Bonchev–Trinajstić information content (AvgIpc) is 3.38. The number of nitrogens with zero attached hydrogens (tertiary/aromatic N) is 9. The first-order valence-electron chi connectivity index (χ1n) is 8.01. The van der Waals surface area contributed by atoms with Crippen molar-refractivity contribution in [1.29, 1.82) is 0 Å². The molecule has 31 heavy (non-hydrogen) atoms. The van der Waals surface area contributed by atoms with Crippen molar-refractivity contribution in [2.45, 2.75) is 13.8 Å². The van der Waals surface area contributed by atoms with E-state index in [9.17, 15) is 10.1 Å². The molecule has 13 nitrogen and oxygen atoms in total. The first-order chi connectivity index (χ1) is 13.5. The van der Waals surface area contributed by atoms with Crippen LogP contribution < -0.4 is 11.9 Å². The Kier molecular flexibility index (Phi) is 11.0. The number of hydrogen-bond donors (Lipinski definition) is 2. The fourth-order valence-electron chi connectivity index (χ4n) is 2.20. The molecule has 0 fully saturated rings. The van der Waals surface area contributed by atoms with Gasteiger partial charge in [-0.25, -0.2) is 29.3 Å². The molecule has 0 aromatic carbocycles. The van der Waals surface area contributed by atoms with Gasteiger partial charge in [0, 0.05) is 25.5 Å². The summed E-state index contributed by atoms with van der Waals surface area (Å²) in [6.07, 6.45) is 5.91. The number of aryl methyl sites for hydroxylation is 2. The predicted molar refractivity (Wildman–Crippen MR) is 111 cm³/mol. The van der Waals surface area contributed by atoms with Crippen LogP contribution in [-0.2, 0) is 19.5 Å². The maximum Gasteiger partial charge on any atom is 0.290 e. The first kappa shape index (κ1) is 27.7. The zero-order valence-electron chi connectivity index (χ0n) is 16.9. The van der Waals surface area contributed by atoms with Crippen molar-refractivity contribution >= 4 is 23.8 Å². The number of anilines is 1. The summed E-state index contributed by atoms with van der Waals surface area (Å²) >= 11 is 0. The number of nitro groups is 1. The van der Waals surface area contributed by atoms with Crippen LogP contribution in [0.15, 0.2) is 49.6 Å². The summed E-state index contributed by atoms with van der Waals surface area (Å²) in [7, 11) is 0. The third kappa shape index (κ3) is 6.84. The van der Waals surface area contributed by atoms with E-state index >= 15 is 0 Å². The quantitative estimate of drug-likeness (QED) is 0.239. The fourth-order valence-corrected chi connectivity index (χ4v) is 2.20. The van der Waals surface area contributed by atoms with Gasteiger partial charge in [-0.1, -0.05) is 0 Å². The van der Waals surface area contributed by atoms with Crippen LogP contribution in [0.2, 0.25) is 0 Å². The van der Waals surface area contributed by atoms with Crippen LogP contribution in [-0.4, -0.2) is 44.4 Å². The average molecular weight is 499 g/mol. The van der Waals surface area contributed by atoms with Crippen LogP contribution in [0.4, 0.5) is 11.4 Å². The van der Waals surface area contributed by atoms with E-state index in [0.29, 0.717) is 17.2 Å². The van der Waals surface area contributed by atoms with Gasteiger partial charge in [-0.05, 0) is 32.0 Å². The smallest absolute Gasteiger partial charge is 0.290 e. The second-order valence-corrected chi connectivity index (χ2v) is 5.56. The van der Waals surface area contributed by atoms with Crippen molar-refractivity contribution in [3.05, 3.63) is 71.1 Å². The van der Waals surface area contributed by atoms with Crippen LogP contribution in [0.25, 0.3) is 11.6 Å². The molecule has 0 saturated carbocycles. The summed E-state index contributed by atoms with van der Waals surface area (Å²) in [5, 5.41) is 18.4. The van der Waals surface area contributed by atoms with E-state index in [4.69, 9.17) is 5.73 Å². The van der Waals surface area contributed by atoms with Crippen molar-refractivity contribution < 1.29 is 24.4 Å². The van der Waals surface area contributed by atoms with Crippen molar-refractivity contribution in [3.8, 4) is 11.6 Å². The summed E-state index contributed by atoms with van der Waals surface area (Å²) in [5.74, 6) is 1.24. The van der Waals surface area contributed by atoms with Gasteiger partial charge < -0.3 is 11.9 Å². The third-order valence-corrected chi connectivity index (χ3v) is 3.66.